The number of hydrogen-bond acceptors (Lipinski definition) is 3. The van der Waals surface area contributed by atoms with Gasteiger partial charge in [0.1, 0.15) is 0 Å². The van der Waals surface area contributed by atoms with Crippen LogP contribution in [-0.2, 0) is 14.3 Å². The van der Waals surface area contributed by atoms with Crippen LogP contribution in [0.4, 0.5) is 0 Å². The van der Waals surface area contributed by atoms with Crippen LogP contribution < -0.4 is 0 Å². The number of carboxylic acids is 1. The zero-order chi connectivity index (χ0) is 13.0. The summed E-state index contributed by atoms with van der Waals surface area (Å²) in [7, 11) is 0. The van der Waals surface area contributed by atoms with E-state index in [2.05, 4.69) is 0 Å². The Morgan fingerprint density at radius 1 is 1.17 bits per heavy atom. The standard InChI is InChI=1S/C13H21NO4/c15-12(5-8-18-9-10-1-2-10)14-6-3-11(4-7-14)13(16)17/h10-11H,1-9H2,(H,16,17). The fourth-order valence-electron chi connectivity index (χ4n) is 2.23. The molecule has 0 radical (unpaired) electrons. The molecule has 0 atom stereocenters. The molecule has 1 saturated heterocycles. The maximum absolute atomic E-state index is 11.8. The second kappa shape index (κ2) is 6.18. The van der Waals surface area contributed by atoms with Gasteiger partial charge in [-0.25, -0.2) is 0 Å². The van der Waals surface area contributed by atoms with Crippen molar-refractivity contribution in [2.75, 3.05) is 26.3 Å². The van der Waals surface area contributed by atoms with Crippen molar-refractivity contribution in [1.29, 1.82) is 0 Å². The fraction of sp³-hybridized carbons (Fsp3) is 0.846. The molecular weight excluding hydrogens is 234 g/mol. The maximum Gasteiger partial charge on any atom is 0.306 e. The molecule has 2 fully saturated rings. The average molecular weight is 255 g/mol. The van der Waals surface area contributed by atoms with Crippen molar-refractivity contribution in [3.8, 4) is 0 Å². The zero-order valence-corrected chi connectivity index (χ0v) is 10.6. The normalized spacial score (nSPS) is 21.0. The SMILES string of the molecule is O=C(O)C1CCN(C(=O)CCOCC2CC2)CC1. The van der Waals surface area contributed by atoms with E-state index >= 15 is 0 Å². The van der Waals surface area contributed by atoms with Crippen molar-refractivity contribution in [2.24, 2.45) is 11.8 Å². The lowest BCUT2D eigenvalue weighted by atomic mass is 9.97. The highest BCUT2D eigenvalue weighted by molar-refractivity contribution is 5.77. The van der Waals surface area contributed by atoms with Crippen LogP contribution in [0.25, 0.3) is 0 Å². The van der Waals surface area contributed by atoms with Crippen molar-refractivity contribution in [2.45, 2.75) is 32.1 Å². The molecule has 1 saturated carbocycles. The molecule has 0 bridgehead atoms. The summed E-state index contributed by atoms with van der Waals surface area (Å²) >= 11 is 0. The van der Waals surface area contributed by atoms with Gasteiger partial charge in [0.05, 0.1) is 18.9 Å². The highest BCUT2D eigenvalue weighted by Crippen LogP contribution is 2.28. The van der Waals surface area contributed by atoms with Gasteiger partial charge < -0.3 is 14.7 Å². The molecule has 2 rings (SSSR count). The van der Waals surface area contributed by atoms with E-state index in [1.165, 1.54) is 12.8 Å². The Morgan fingerprint density at radius 3 is 2.39 bits per heavy atom. The Morgan fingerprint density at radius 2 is 1.83 bits per heavy atom. The first kappa shape index (κ1) is 13.3. The van der Waals surface area contributed by atoms with E-state index in [9.17, 15) is 9.59 Å². The Bertz CT molecular complexity index is 306. The number of rotatable bonds is 6. The minimum absolute atomic E-state index is 0.0923. The first-order valence-corrected chi connectivity index (χ1v) is 6.75. The molecule has 2 aliphatic rings. The topological polar surface area (TPSA) is 66.8 Å². The van der Waals surface area contributed by atoms with E-state index in [0.717, 1.165) is 12.5 Å². The number of likely N-dealkylation sites (tertiary alicyclic amines) is 1. The highest BCUT2D eigenvalue weighted by atomic mass is 16.5. The van der Waals surface area contributed by atoms with Crippen LogP contribution in [0.15, 0.2) is 0 Å². The smallest absolute Gasteiger partial charge is 0.306 e. The van der Waals surface area contributed by atoms with Gasteiger partial charge >= 0.3 is 5.97 Å². The van der Waals surface area contributed by atoms with E-state index in [4.69, 9.17) is 9.84 Å². The Kier molecular flexibility index (Phi) is 4.58. The second-order valence-electron chi connectivity index (χ2n) is 5.26. The van der Waals surface area contributed by atoms with Crippen molar-refractivity contribution < 1.29 is 19.4 Å². The van der Waals surface area contributed by atoms with Crippen LogP contribution in [-0.4, -0.2) is 48.2 Å². The van der Waals surface area contributed by atoms with Crippen LogP contribution in [0.5, 0.6) is 0 Å². The van der Waals surface area contributed by atoms with Gasteiger partial charge in [0.15, 0.2) is 0 Å². The molecule has 0 spiro atoms. The van der Waals surface area contributed by atoms with Gasteiger partial charge in [-0.15, -0.1) is 0 Å². The summed E-state index contributed by atoms with van der Waals surface area (Å²) in [5, 5.41) is 8.87. The molecule has 1 heterocycles. The molecule has 1 aliphatic carbocycles. The number of nitrogens with zero attached hydrogens (tertiary/aromatic N) is 1. The number of carboxylic acid groups (broad SMARTS) is 1. The predicted octanol–water partition coefficient (Wildman–Crippen LogP) is 1.13. The lowest BCUT2D eigenvalue weighted by Crippen LogP contribution is -2.40. The first-order valence-electron chi connectivity index (χ1n) is 6.75. The number of ether oxygens (including phenoxy) is 1. The third-order valence-electron chi connectivity index (χ3n) is 3.71. The monoisotopic (exact) mass is 255 g/mol. The first-order chi connectivity index (χ1) is 8.66. The maximum atomic E-state index is 11.8. The third kappa shape index (κ3) is 3.98. The zero-order valence-electron chi connectivity index (χ0n) is 10.6. The molecule has 0 aromatic heterocycles. The number of amides is 1. The number of hydrogen-bond donors (Lipinski definition) is 1. The number of carbonyl (C=O) groups is 2. The average Bonchev–Trinajstić information content (AvgIpc) is 3.18. The fourth-order valence-corrected chi connectivity index (χ4v) is 2.23. The van der Waals surface area contributed by atoms with Gasteiger partial charge in [-0.05, 0) is 31.6 Å². The molecule has 0 unspecified atom stereocenters. The van der Waals surface area contributed by atoms with E-state index in [1.807, 2.05) is 0 Å². The molecule has 0 aromatic rings. The Labute approximate surface area is 107 Å². The van der Waals surface area contributed by atoms with Crippen LogP contribution >= 0.6 is 0 Å². The summed E-state index contributed by atoms with van der Waals surface area (Å²) in [6.45, 7) is 2.42. The van der Waals surface area contributed by atoms with Gasteiger partial charge in [0, 0.05) is 19.7 Å². The van der Waals surface area contributed by atoms with Gasteiger partial charge in [-0.2, -0.15) is 0 Å². The Hall–Kier alpha value is -1.10. The molecule has 5 nitrogen and oxygen atoms in total. The highest BCUT2D eigenvalue weighted by Gasteiger charge is 2.27. The molecule has 1 amide bonds. The lowest BCUT2D eigenvalue weighted by Gasteiger charge is -2.30. The third-order valence-corrected chi connectivity index (χ3v) is 3.71. The van der Waals surface area contributed by atoms with E-state index < -0.39 is 5.97 Å². The quantitative estimate of drug-likeness (QED) is 0.722. The molecule has 1 aliphatic heterocycles. The van der Waals surface area contributed by atoms with Gasteiger partial charge in [-0.1, -0.05) is 0 Å². The molecule has 18 heavy (non-hydrogen) atoms. The summed E-state index contributed by atoms with van der Waals surface area (Å²) in [6.07, 6.45) is 4.09. The molecule has 102 valence electrons. The van der Waals surface area contributed by atoms with E-state index in [0.29, 0.717) is 39.0 Å². The van der Waals surface area contributed by atoms with Crippen LogP contribution in [0, 0.1) is 11.8 Å². The van der Waals surface area contributed by atoms with Crippen molar-refractivity contribution in [1.82, 2.24) is 4.90 Å². The molecule has 0 aromatic carbocycles. The van der Waals surface area contributed by atoms with Crippen molar-refractivity contribution in [3.63, 3.8) is 0 Å². The second-order valence-corrected chi connectivity index (χ2v) is 5.26. The summed E-state index contributed by atoms with van der Waals surface area (Å²) in [4.78, 5) is 24.4. The number of aliphatic carboxylic acids is 1. The molecule has 5 heteroatoms. The lowest BCUT2D eigenvalue weighted by molar-refractivity contribution is -0.146. The summed E-state index contributed by atoms with van der Waals surface area (Å²) < 4.78 is 5.44. The summed E-state index contributed by atoms with van der Waals surface area (Å²) in [5.74, 6) is -0.198. The molecular formula is C13H21NO4. The summed E-state index contributed by atoms with van der Waals surface area (Å²) in [6, 6.07) is 0. The number of carbonyl (C=O) groups excluding carboxylic acids is 1. The van der Waals surface area contributed by atoms with Gasteiger partial charge in [-0.3, -0.25) is 9.59 Å². The largest absolute Gasteiger partial charge is 0.481 e. The van der Waals surface area contributed by atoms with Gasteiger partial charge in [0.2, 0.25) is 5.91 Å². The minimum atomic E-state index is -0.741. The van der Waals surface area contributed by atoms with Crippen LogP contribution in [0.1, 0.15) is 32.1 Å². The Balaban J connectivity index is 1.59. The molecule has 1 N–H and O–H groups in total. The van der Waals surface area contributed by atoms with Crippen LogP contribution in [0.2, 0.25) is 0 Å². The van der Waals surface area contributed by atoms with Gasteiger partial charge in [0.25, 0.3) is 0 Å². The van der Waals surface area contributed by atoms with Crippen LogP contribution in [0.3, 0.4) is 0 Å². The minimum Gasteiger partial charge on any atom is -0.481 e. The van der Waals surface area contributed by atoms with Crippen molar-refractivity contribution in [3.05, 3.63) is 0 Å². The van der Waals surface area contributed by atoms with Crippen molar-refractivity contribution >= 4 is 11.9 Å². The summed E-state index contributed by atoms with van der Waals surface area (Å²) in [5.41, 5.74) is 0. The van der Waals surface area contributed by atoms with E-state index in [1.54, 1.807) is 4.90 Å². The predicted molar refractivity (Wildman–Crippen MR) is 65.1 cm³/mol. The number of piperidine rings is 1. The van der Waals surface area contributed by atoms with E-state index in [-0.39, 0.29) is 11.8 Å².